The van der Waals surface area contributed by atoms with Gasteiger partial charge in [0.05, 0.1) is 5.69 Å². The van der Waals surface area contributed by atoms with Gasteiger partial charge in [0.1, 0.15) is 17.2 Å². The minimum atomic E-state index is 0.546. The fourth-order valence-corrected chi connectivity index (χ4v) is 2.83. The van der Waals surface area contributed by atoms with E-state index in [1.54, 1.807) is 0 Å². The fraction of sp³-hybridized carbons (Fsp3) is 0.294. The van der Waals surface area contributed by atoms with Crippen molar-refractivity contribution in [2.24, 2.45) is 5.11 Å². The summed E-state index contributed by atoms with van der Waals surface area (Å²) in [5.41, 5.74) is 11.8. The van der Waals surface area contributed by atoms with Crippen molar-refractivity contribution < 1.29 is 0 Å². The first kappa shape index (κ1) is 13.9. The Hall–Kier alpha value is -2.76. The van der Waals surface area contributed by atoms with Crippen LogP contribution in [0.3, 0.4) is 0 Å². The van der Waals surface area contributed by atoms with Gasteiger partial charge in [-0.15, -0.1) is 0 Å². The molecule has 0 atom stereocenters. The van der Waals surface area contributed by atoms with Crippen LogP contribution in [0.1, 0.15) is 31.5 Å². The summed E-state index contributed by atoms with van der Waals surface area (Å²) in [6, 6.07) is 5.86. The zero-order valence-corrected chi connectivity index (χ0v) is 12.9. The normalized spacial score (nSPS) is 14.1. The maximum Gasteiger partial charge on any atom is 0.141 e. The van der Waals surface area contributed by atoms with E-state index < -0.39 is 0 Å². The summed E-state index contributed by atoms with van der Waals surface area (Å²) in [4.78, 5) is 12.4. The third kappa shape index (κ3) is 2.46. The van der Waals surface area contributed by atoms with Crippen LogP contribution >= 0.6 is 0 Å². The van der Waals surface area contributed by atoms with Crippen LogP contribution in [0.15, 0.2) is 35.7 Å². The molecular formula is C17H18N6. The number of nitrogens with zero attached hydrogens (tertiary/aromatic N) is 3. The van der Waals surface area contributed by atoms with E-state index >= 15 is 0 Å². The number of nitrogens with one attached hydrogen (secondary N) is 3. The van der Waals surface area contributed by atoms with E-state index in [2.05, 4.69) is 25.4 Å². The van der Waals surface area contributed by atoms with Gasteiger partial charge in [-0.25, -0.2) is 15.5 Å². The highest BCUT2D eigenvalue weighted by Gasteiger charge is 2.27. The molecule has 6 heteroatoms. The minimum absolute atomic E-state index is 0.546. The topological polar surface area (TPSA) is 89.8 Å². The number of rotatable bonds is 5. The highest BCUT2D eigenvalue weighted by atomic mass is 15.0. The SMILES string of the molecule is CCNc1cc(-c2c[nH]c3nc(C4CC4)ncc23)ccc1N=N. The summed E-state index contributed by atoms with van der Waals surface area (Å²) in [5.74, 6) is 1.49. The summed E-state index contributed by atoms with van der Waals surface area (Å²) in [6.45, 7) is 2.81. The minimum Gasteiger partial charge on any atom is -0.384 e. The number of hydrogen-bond donors (Lipinski definition) is 3. The van der Waals surface area contributed by atoms with Crippen LogP contribution < -0.4 is 5.32 Å². The van der Waals surface area contributed by atoms with Gasteiger partial charge in [-0.3, -0.25) is 0 Å². The zero-order valence-electron chi connectivity index (χ0n) is 12.9. The summed E-state index contributed by atoms with van der Waals surface area (Å²) in [5, 5.41) is 7.84. The highest BCUT2D eigenvalue weighted by molar-refractivity contribution is 5.94. The van der Waals surface area contributed by atoms with Gasteiger partial charge in [0.25, 0.3) is 0 Å². The number of anilines is 1. The molecule has 1 aliphatic carbocycles. The maximum atomic E-state index is 7.27. The Balaban J connectivity index is 1.79. The lowest BCUT2D eigenvalue weighted by Crippen LogP contribution is -1.96. The zero-order chi connectivity index (χ0) is 15.8. The van der Waals surface area contributed by atoms with Crippen LogP contribution in [-0.2, 0) is 0 Å². The molecule has 1 aliphatic rings. The molecule has 0 radical (unpaired) electrons. The predicted octanol–water partition coefficient (Wildman–Crippen LogP) is 4.60. The lowest BCUT2D eigenvalue weighted by Gasteiger charge is -2.08. The smallest absolute Gasteiger partial charge is 0.141 e. The average Bonchev–Trinajstić information content (AvgIpc) is 3.34. The molecule has 6 nitrogen and oxygen atoms in total. The molecule has 2 aromatic heterocycles. The first-order valence-corrected chi connectivity index (χ1v) is 7.90. The molecule has 1 saturated carbocycles. The van der Waals surface area contributed by atoms with Crippen molar-refractivity contribution in [3.8, 4) is 11.1 Å². The first-order valence-electron chi connectivity index (χ1n) is 7.90. The van der Waals surface area contributed by atoms with Crippen molar-refractivity contribution in [2.75, 3.05) is 11.9 Å². The van der Waals surface area contributed by atoms with E-state index in [1.807, 2.05) is 37.5 Å². The van der Waals surface area contributed by atoms with Crippen molar-refractivity contribution in [1.29, 1.82) is 5.53 Å². The molecule has 0 amide bonds. The molecule has 0 aliphatic heterocycles. The second kappa shape index (κ2) is 5.46. The largest absolute Gasteiger partial charge is 0.384 e. The van der Waals surface area contributed by atoms with E-state index in [1.165, 1.54) is 12.8 Å². The predicted molar refractivity (Wildman–Crippen MR) is 90.3 cm³/mol. The first-order chi connectivity index (χ1) is 11.3. The molecule has 4 rings (SSSR count). The van der Waals surface area contributed by atoms with Gasteiger partial charge in [0.15, 0.2) is 0 Å². The Bertz CT molecular complexity index is 878. The maximum absolute atomic E-state index is 7.27. The van der Waals surface area contributed by atoms with Gasteiger partial charge in [-0.05, 0) is 37.5 Å². The lowest BCUT2D eigenvalue weighted by molar-refractivity contribution is 0.943. The van der Waals surface area contributed by atoms with Crippen LogP contribution in [0.2, 0.25) is 0 Å². The van der Waals surface area contributed by atoms with E-state index in [4.69, 9.17) is 5.53 Å². The van der Waals surface area contributed by atoms with Crippen LogP contribution in [-0.4, -0.2) is 21.5 Å². The standard InChI is InChI=1S/C17H18N6/c1-2-19-15-7-11(5-6-14(15)23-18)12-8-21-17-13(12)9-20-16(22-17)10-3-4-10/h5-10,18-19H,2-4H2,1H3,(H,20,21,22). The van der Waals surface area contributed by atoms with Crippen molar-refractivity contribution in [2.45, 2.75) is 25.7 Å². The van der Waals surface area contributed by atoms with Gasteiger partial charge in [0.2, 0.25) is 0 Å². The molecule has 116 valence electrons. The molecule has 23 heavy (non-hydrogen) atoms. The average molecular weight is 306 g/mol. The Morgan fingerprint density at radius 3 is 3.00 bits per heavy atom. The number of aromatic amines is 1. The molecule has 3 N–H and O–H groups in total. The van der Waals surface area contributed by atoms with Crippen molar-refractivity contribution in [3.05, 3.63) is 36.4 Å². The number of benzene rings is 1. The summed E-state index contributed by atoms with van der Waals surface area (Å²) >= 11 is 0. The molecule has 1 fully saturated rings. The van der Waals surface area contributed by atoms with E-state index in [0.717, 1.165) is 40.2 Å². The molecule has 3 aromatic rings. The highest BCUT2D eigenvalue weighted by Crippen LogP contribution is 2.39. The molecule has 1 aromatic carbocycles. The van der Waals surface area contributed by atoms with E-state index in [9.17, 15) is 0 Å². The van der Waals surface area contributed by atoms with Crippen LogP contribution in [0, 0.1) is 5.53 Å². The molecule has 0 unspecified atom stereocenters. The Labute approximate surface area is 133 Å². The Morgan fingerprint density at radius 2 is 2.26 bits per heavy atom. The van der Waals surface area contributed by atoms with Crippen molar-refractivity contribution in [1.82, 2.24) is 15.0 Å². The van der Waals surface area contributed by atoms with E-state index in [-0.39, 0.29) is 0 Å². The third-order valence-electron chi connectivity index (χ3n) is 4.19. The molecule has 0 spiro atoms. The molecule has 0 saturated heterocycles. The summed E-state index contributed by atoms with van der Waals surface area (Å²) in [6.07, 6.45) is 6.28. The van der Waals surface area contributed by atoms with Crippen LogP contribution in [0.5, 0.6) is 0 Å². The van der Waals surface area contributed by atoms with Crippen LogP contribution in [0.4, 0.5) is 11.4 Å². The van der Waals surface area contributed by atoms with Crippen molar-refractivity contribution in [3.63, 3.8) is 0 Å². The quantitative estimate of drug-likeness (QED) is 0.602. The molecule has 0 bridgehead atoms. The number of H-pyrrole nitrogens is 1. The molecule has 2 heterocycles. The third-order valence-corrected chi connectivity index (χ3v) is 4.19. The number of hydrogen-bond acceptors (Lipinski definition) is 5. The van der Waals surface area contributed by atoms with Gasteiger partial charge in [-0.1, -0.05) is 6.07 Å². The van der Waals surface area contributed by atoms with Gasteiger partial charge in [0, 0.05) is 35.8 Å². The van der Waals surface area contributed by atoms with E-state index in [0.29, 0.717) is 11.6 Å². The van der Waals surface area contributed by atoms with Gasteiger partial charge in [-0.2, -0.15) is 5.11 Å². The van der Waals surface area contributed by atoms with Gasteiger partial charge >= 0.3 is 0 Å². The number of aromatic nitrogens is 3. The van der Waals surface area contributed by atoms with Crippen molar-refractivity contribution >= 4 is 22.4 Å². The lowest BCUT2D eigenvalue weighted by atomic mass is 10.0. The second-order valence-corrected chi connectivity index (χ2v) is 5.84. The second-order valence-electron chi connectivity index (χ2n) is 5.84. The summed E-state index contributed by atoms with van der Waals surface area (Å²) < 4.78 is 0. The Morgan fingerprint density at radius 1 is 1.39 bits per heavy atom. The van der Waals surface area contributed by atoms with Crippen LogP contribution in [0.25, 0.3) is 22.2 Å². The number of fused-ring (bicyclic) bond motifs is 1. The fourth-order valence-electron chi connectivity index (χ4n) is 2.83. The van der Waals surface area contributed by atoms with Gasteiger partial charge < -0.3 is 10.3 Å². The summed E-state index contributed by atoms with van der Waals surface area (Å²) in [7, 11) is 0. The Kier molecular flexibility index (Phi) is 3.29. The monoisotopic (exact) mass is 306 g/mol. The molecular weight excluding hydrogens is 288 g/mol.